The average molecular weight is 268 g/mol. The molecule has 1 aliphatic rings. The number of benzene rings is 1. The van der Waals surface area contributed by atoms with Crippen LogP contribution in [0.15, 0.2) is 30.3 Å². The van der Waals surface area contributed by atoms with Gasteiger partial charge in [-0.1, -0.05) is 36.8 Å². The normalized spacial score (nSPS) is 20.7. The van der Waals surface area contributed by atoms with Crippen molar-refractivity contribution < 1.29 is 8.78 Å². The highest BCUT2D eigenvalue weighted by Gasteiger charge is 2.33. The number of nitrogens with zero attached hydrogens (tertiary/aromatic N) is 1. The van der Waals surface area contributed by atoms with Crippen molar-refractivity contribution in [2.24, 2.45) is 0 Å². The van der Waals surface area contributed by atoms with E-state index in [0.29, 0.717) is 12.6 Å². The summed E-state index contributed by atoms with van der Waals surface area (Å²) in [6.07, 6.45) is 3.47. The van der Waals surface area contributed by atoms with E-state index in [1.54, 1.807) is 30.1 Å². The number of likely N-dealkylation sites (N-methyl/N-ethyl adjacent to an activating group) is 1. The summed E-state index contributed by atoms with van der Waals surface area (Å²) in [4.78, 5) is 1.73. The topological polar surface area (TPSA) is 15.3 Å². The largest absolute Gasteiger partial charge is 0.313 e. The average Bonchev–Trinajstić information content (AvgIpc) is 2.40. The van der Waals surface area contributed by atoms with Gasteiger partial charge in [-0.15, -0.1) is 0 Å². The van der Waals surface area contributed by atoms with Gasteiger partial charge in [-0.05, 0) is 26.4 Å². The van der Waals surface area contributed by atoms with Gasteiger partial charge in [0.15, 0.2) is 0 Å². The van der Waals surface area contributed by atoms with Gasteiger partial charge < -0.3 is 5.32 Å². The predicted octanol–water partition coefficient (Wildman–Crippen LogP) is 2.85. The van der Waals surface area contributed by atoms with Crippen LogP contribution in [-0.4, -0.2) is 37.6 Å². The number of nitrogens with one attached hydrogen (secondary N) is 1. The van der Waals surface area contributed by atoms with Crippen LogP contribution in [0.1, 0.15) is 24.8 Å². The van der Waals surface area contributed by atoms with E-state index in [0.717, 1.165) is 13.0 Å². The molecule has 0 spiro atoms. The Bertz CT molecular complexity index is 375. The lowest BCUT2D eigenvalue weighted by Crippen LogP contribution is -2.45. The molecule has 106 valence electrons. The Morgan fingerprint density at radius 2 is 2.00 bits per heavy atom. The molecule has 1 aliphatic heterocycles. The van der Waals surface area contributed by atoms with Crippen LogP contribution in [0.3, 0.4) is 0 Å². The van der Waals surface area contributed by atoms with Gasteiger partial charge in [0.2, 0.25) is 0 Å². The fourth-order valence-corrected chi connectivity index (χ4v) is 2.63. The van der Waals surface area contributed by atoms with Crippen LogP contribution >= 0.6 is 0 Å². The highest BCUT2D eigenvalue weighted by atomic mass is 19.3. The van der Waals surface area contributed by atoms with Crippen LogP contribution in [-0.2, 0) is 5.92 Å². The lowest BCUT2D eigenvalue weighted by molar-refractivity contribution is -0.0340. The van der Waals surface area contributed by atoms with E-state index < -0.39 is 5.92 Å². The molecule has 1 aromatic carbocycles. The van der Waals surface area contributed by atoms with Crippen molar-refractivity contribution in [2.45, 2.75) is 31.2 Å². The minimum Gasteiger partial charge on any atom is -0.313 e. The minimum atomic E-state index is -2.79. The molecular weight excluding hydrogens is 246 g/mol. The molecule has 0 aliphatic carbocycles. The fourth-order valence-electron chi connectivity index (χ4n) is 2.63. The van der Waals surface area contributed by atoms with E-state index in [2.05, 4.69) is 5.32 Å². The Balaban J connectivity index is 1.88. The van der Waals surface area contributed by atoms with E-state index in [-0.39, 0.29) is 12.1 Å². The molecule has 2 rings (SSSR count). The van der Waals surface area contributed by atoms with Crippen LogP contribution in [0, 0.1) is 0 Å². The second kappa shape index (κ2) is 6.44. The summed E-state index contributed by atoms with van der Waals surface area (Å²) in [6, 6.07) is 8.41. The Labute approximate surface area is 113 Å². The van der Waals surface area contributed by atoms with Crippen molar-refractivity contribution in [3.05, 3.63) is 35.9 Å². The molecule has 1 heterocycles. The first-order valence-corrected chi connectivity index (χ1v) is 6.93. The first-order chi connectivity index (χ1) is 9.08. The molecule has 1 fully saturated rings. The number of halogens is 2. The maximum absolute atomic E-state index is 14.1. The van der Waals surface area contributed by atoms with Gasteiger partial charge in [0, 0.05) is 18.2 Å². The lowest BCUT2D eigenvalue weighted by Gasteiger charge is -2.30. The highest BCUT2D eigenvalue weighted by Crippen LogP contribution is 2.28. The monoisotopic (exact) mass is 268 g/mol. The van der Waals surface area contributed by atoms with Crippen LogP contribution in [0.5, 0.6) is 0 Å². The molecule has 1 unspecified atom stereocenters. The molecule has 1 N–H and O–H groups in total. The molecule has 1 atom stereocenters. The second-order valence-electron chi connectivity index (χ2n) is 5.41. The summed E-state index contributed by atoms with van der Waals surface area (Å²) < 4.78 is 28.2. The SMILES string of the molecule is CN(CC1CCCCN1)CC(F)(F)c1ccccc1. The van der Waals surface area contributed by atoms with E-state index in [1.165, 1.54) is 25.0 Å². The Morgan fingerprint density at radius 3 is 2.63 bits per heavy atom. The molecule has 0 amide bonds. The van der Waals surface area contributed by atoms with E-state index in [9.17, 15) is 8.78 Å². The van der Waals surface area contributed by atoms with Crippen molar-refractivity contribution in [3.63, 3.8) is 0 Å². The van der Waals surface area contributed by atoms with Gasteiger partial charge in [0.25, 0.3) is 5.92 Å². The third kappa shape index (κ3) is 4.25. The van der Waals surface area contributed by atoms with Crippen LogP contribution < -0.4 is 5.32 Å². The zero-order chi connectivity index (χ0) is 13.7. The van der Waals surface area contributed by atoms with E-state index in [1.807, 2.05) is 0 Å². The minimum absolute atomic E-state index is 0.0958. The molecule has 0 saturated carbocycles. The van der Waals surface area contributed by atoms with Gasteiger partial charge in [0.1, 0.15) is 0 Å². The Hall–Kier alpha value is -1.00. The summed E-state index contributed by atoms with van der Waals surface area (Å²) in [5.74, 6) is -2.79. The van der Waals surface area contributed by atoms with Crippen LogP contribution in [0.25, 0.3) is 0 Å². The third-order valence-electron chi connectivity index (χ3n) is 3.61. The van der Waals surface area contributed by atoms with Gasteiger partial charge in [-0.2, -0.15) is 8.78 Å². The Kier molecular flexibility index (Phi) is 4.88. The zero-order valence-electron chi connectivity index (χ0n) is 11.4. The number of alkyl halides is 2. The maximum Gasteiger partial charge on any atom is 0.285 e. The lowest BCUT2D eigenvalue weighted by atomic mass is 10.0. The van der Waals surface area contributed by atoms with Crippen molar-refractivity contribution >= 4 is 0 Å². The van der Waals surface area contributed by atoms with Gasteiger partial charge in [-0.3, -0.25) is 4.90 Å². The third-order valence-corrected chi connectivity index (χ3v) is 3.61. The zero-order valence-corrected chi connectivity index (χ0v) is 11.4. The summed E-state index contributed by atoms with van der Waals surface area (Å²) >= 11 is 0. The van der Waals surface area contributed by atoms with E-state index >= 15 is 0 Å². The van der Waals surface area contributed by atoms with E-state index in [4.69, 9.17) is 0 Å². The van der Waals surface area contributed by atoms with Gasteiger partial charge >= 0.3 is 0 Å². The maximum atomic E-state index is 14.1. The summed E-state index contributed by atoms with van der Waals surface area (Å²) in [6.45, 7) is 1.46. The quantitative estimate of drug-likeness (QED) is 0.883. The van der Waals surface area contributed by atoms with Crippen molar-refractivity contribution in [1.29, 1.82) is 0 Å². The highest BCUT2D eigenvalue weighted by molar-refractivity contribution is 5.20. The molecule has 1 aromatic rings. The standard InChI is InChI=1S/C15H22F2N2/c1-19(11-14-9-5-6-10-18-14)12-15(16,17)13-7-3-2-4-8-13/h2-4,7-8,14,18H,5-6,9-12H2,1H3. The predicted molar refractivity (Wildman–Crippen MR) is 73.5 cm³/mol. The molecule has 2 nitrogen and oxygen atoms in total. The molecular formula is C15H22F2N2. The first kappa shape index (κ1) is 14.4. The van der Waals surface area contributed by atoms with Crippen LogP contribution in [0.4, 0.5) is 8.78 Å². The summed E-state index contributed by atoms with van der Waals surface area (Å²) in [7, 11) is 1.77. The fraction of sp³-hybridized carbons (Fsp3) is 0.600. The van der Waals surface area contributed by atoms with Crippen molar-refractivity contribution in [3.8, 4) is 0 Å². The van der Waals surface area contributed by atoms with Gasteiger partial charge in [0.05, 0.1) is 6.54 Å². The summed E-state index contributed by atoms with van der Waals surface area (Å²) in [5.41, 5.74) is 0.0958. The number of piperidine rings is 1. The molecule has 19 heavy (non-hydrogen) atoms. The molecule has 1 saturated heterocycles. The number of rotatable bonds is 5. The van der Waals surface area contributed by atoms with Crippen molar-refractivity contribution in [1.82, 2.24) is 10.2 Å². The van der Waals surface area contributed by atoms with Gasteiger partial charge in [-0.25, -0.2) is 0 Å². The smallest absolute Gasteiger partial charge is 0.285 e. The number of hydrogen-bond donors (Lipinski definition) is 1. The first-order valence-electron chi connectivity index (χ1n) is 6.93. The number of hydrogen-bond acceptors (Lipinski definition) is 2. The second-order valence-corrected chi connectivity index (χ2v) is 5.41. The molecule has 0 radical (unpaired) electrons. The molecule has 4 heteroatoms. The molecule has 0 bridgehead atoms. The molecule has 0 aromatic heterocycles. The van der Waals surface area contributed by atoms with Crippen molar-refractivity contribution in [2.75, 3.05) is 26.7 Å². The summed E-state index contributed by atoms with van der Waals surface area (Å²) in [5, 5.41) is 3.39. The Morgan fingerprint density at radius 1 is 1.26 bits per heavy atom. The van der Waals surface area contributed by atoms with Crippen LogP contribution in [0.2, 0.25) is 0 Å².